The van der Waals surface area contributed by atoms with E-state index < -0.39 is 87.7 Å². The van der Waals surface area contributed by atoms with Crippen LogP contribution in [-0.4, -0.2) is 86.4 Å². The van der Waals surface area contributed by atoms with Crippen LogP contribution in [0.3, 0.4) is 0 Å². The lowest BCUT2D eigenvalue weighted by Crippen LogP contribution is -2.22. The van der Waals surface area contributed by atoms with E-state index >= 15 is 0 Å². The van der Waals surface area contributed by atoms with E-state index in [1.165, 1.54) is 30.9 Å². The molecule has 2 aromatic carbocycles. The summed E-state index contributed by atoms with van der Waals surface area (Å²) in [5, 5.41) is 23.3. The van der Waals surface area contributed by atoms with Crippen molar-refractivity contribution in [2.75, 3.05) is 37.1 Å². The first-order chi connectivity index (χ1) is 31.1. The van der Waals surface area contributed by atoms with Crippen molar-refractivity contribution >= 4 is 23.2 Å². The lowest BCUT2D eigenvalue weighted by molar-refractivity contribution is -0.139. The molecule has 2 unspecified atom stereocenters. The Hall–Kier alpha value is -7.00. The molecule has 7 rings (SSSR count). The van der Waals surface area contributed by atoms with Crippen LogP contribution in [-0.2, 0) is 9.47 Å². The normalized spacial score (nSPS) is 14.5. The molecule has 14 nitrogen and oxygen atoms in total. The topological polar surface area (TPSA) is 187 Å². The number of hydrogen-bond acceptors (Lipinski definition) is 12. The summed E-state index contributed by atoms with van der Waals surface area (Å²) >= 11 is 0. The zero-order chi connectivity index (χ0) is 46.7. The molecule has 0 bridgehead atoms. The van der Waals surface area contributed by atoms with Gasteiger partial charge >= 0.3 is 0 Å². The fourth-order valence-corrected chi connectivity index (χ4v) is 6.11. The van der Waals surface area contributed by atoms with E-state index in [4.69, 9.17) is 24.1 Å². The molecule has 1 aliphatic rings. The second-order valence-corrected chi connectivity index (χ2v) is 14.5. The number of halogens is 6. The second-order valence-electron chi connectivity index (χ2n) is 14.5. The first kappa shape index (κ1) is 47.5. The van der Waals surface area contributed by atoms with E-state index in [0.29, 0.717) is 25.4 Å². The molecule has 4 N–H and O–H groups in total. The van der Waals surface area contributed by atoms with Gasteiger partial charge in [0.15, 0.2) is 5.79 Å². The molecular weight excluding hydrogens is 867 g/mol. The molecule has 0 saturated carbocycles. The maximum absolute atomic E-state index is 14.3. The highest BCUT2D eigenvalue weighted by Gasteiger charge is 2.32. The molecule has 2 atom stereocenters. The van der Waals surface area contributed by atoms with Crippen LogP contribution in [0.25, 0.3) is 22.5 Å². The number of nitrogens with zero attached hydrogens (tertiary/aromatic N) is 4. The number of anilines is 2. The third-order valence-electron chi connectivity index (χ3n) is 9.30. The number of nitrogens with one attached hydrogen (secondary N) is 2. The van der Waals surface area contributed by atoms with Crippen molar-refractivity contribution in [1.29, 1.82) is 0 Å². The summed E-state index contributed by atoms with van der Waals surface area (Å²) in [4.78, 5) is 40.9. The average molecular weight is 907 g/mol. The van der Waals surface area contributed by atoms with E-state index in [1.807, 2.05) is 13.8 Å². The minimum atomic E-state index is -1.02. The molecular formula is C45H40F6N6O8. The molecule has 65 heavy (non-hydrogen) atoms. The Morgan fingerprint density at radius 2 is 1.17 bits per heavy atom. The van der Waals surface area contributed by atoms with Crippen molar-refractivity contribution in [2.45, 2.75) is 44.7 Å². The van der Waals surface area contributed by atoms with Crippen LogP contribution in [0.15, 0.2) is 97.6 Å². The zero-order valence-corrected chi connectivity index (χ0v) is 34.5. The van der Waals surface area contributed by atoms with Crippen molar-refractivity contribution in [3.05, 3.63) is 144 Å². The van der Waals surface area contributed by atoms with E-state index in [9.17, 15) is 41.0 Å². The molecule has 0 aliphatic carbocycles. The molecule has 340 valence electrons. The Kier molecular flexibility index (Phi) is 15.8. The molecule has 6 aromatic rings. The van der Waals surface area contributed by atoms with Crippen LogP contribution in [0.5, 0.6) is 11.5 Å². The van der Waals surface area contributed by atoms with Gasteiger partial charge in [0, 0.05) is 37.4 Å². The summed E-state index contributed by atoms with van der Waals surface area (Å²) in [7, 11) is 0. The van der Waals surface area contributed by atoms with Crippen LogP contribution in [0.2, 0.25) is 0 Å². The standard InChI is InChI=1S/C24H22F3N3O4.C21H18F3N3O4/c1-24(2)33-13-14(34-24)9-11-32-20-8-10-28-12-19(20)30-23(31)18-7-6-17(27)22(29-18)21-15(25)4-3-5-16(21)26;22-13-2-1-3-14(23)19(13)20-15(24)4-5-16(26-20)21(30)27-17-10-25-8-6-18(17)31-9-7-12(29)11-28/h3-8,10,12,14H,9,11,13H2,1-2H3,(H,30,31);1-6,8,10,12,28-29H,7,9,11H2,(H,27,30). The third kappa shape index (κ3) is 12.4. The number of hydrogen-bond donors (Lipinski definition) is 4. The summed E-state index contributed by atoms with van der Waals surface area (Å²) in [6.07, 6.45) is 5.26. The number of pyridine rings is 4. The number of aliphatic hydroxyl groups is 2. The molecule has 4 aromatic heterocycles. The average Bonchev–Trinajstić information content (AvgIpc) is 3.63. The van der Waals surface area contributed by atoms with Crippen LogP contribution < -0.4 is 20.1 Å². The van der Waals surface area contributed by atoms with Gasteiger partial charge in [0.25, 0.3) is 11.8 Å². The Bertz CT molecular complexity index is 2600. The molecule has 5 heterocycles. The van der Waals surface area contributed by atoms with Crippen LogP contribution in [0.4, 0.5) is 37.7 Å². The summed E-state index contributed by atoms with van der Waals surface area (Å²) in [5.41, 5.74) is -2.69. The van der Waals surface area contributed by atoms with Crippen molar-refractivity contribution < 1.29 is 65.1 Å². The first-order valence-electron chi connectivity index (χ1n) is 19.7. The van der Waals surface area contributed by atoms with Crippen LogP contribution in [0, 0.1) is 34.9 Å². The van der Waals surface area contributed by atoms with Gasteiger partial charge in [-0.25, -0.2) is 36.3 Å². The van der Waals surface area contributed by atoms with Gasteiger partial charge in [-0.3, -0.25) is 19.6 Å². The zero-order valence-electron chi connectivity index (χ0n) is 34.5. The highest BCUT2D eigenvalue weighted by Crippen LogP contribution is 2.31. The fraction of sp³-hybridized carbons (Fsp3) is 0.244. The lowest BCUT2D eigenvalue weighted by atomic mass is 10.1. The Balaban J connectivity index is 0.000000216. The van der Waals surface area contributed by atoms with Crippen molar-refractivity contribution in [2.24, 2.45) is 0 Å². The smallest absolute Gasteiger partial charge is 0.274 e. The van der Waals surface area contributed by atoms with Gasteiger partial charge in [0.05, 0.1) is 62.2 Å². The predicted molar refractivity (Wildman–Crippen MR) is 222 cm³/mol. The van der Waals surface area contributed by atoms with Gasteiger partial charge in [-0.05, 0) is 62.4 Å². The summed E-state index contributed by atoms with van der Waals surface area (Å²) in [6, 6.07) is 13.2. The van der Waals surface area contributed by atoms with Gasteiger partial charge in [-0.2, -0.15) is 0 Å². The van der Waals surface area contributed by atoms with Gasteiger partial charge in [-0.1, -0.05) is 12.1 Å². The predicted octanol–water partition coefficient (Wildman–Crippen LogP) is 7.67. The Morgan fingerprint density at radius 3 is 1.60 bits per heavy atom. The largest absolute Gasteiger partial charge is 0.491 e. The summed E-state index contributed by atoms with van der Waals surface area (Å²) < 4.78 is 107. The minimum absolute atomic E-state index is 0.0557. The quantitative estimate of drug-likeness (QED) is 0.0738. The maximum atomic E-state index is 14.3. The number of rotatable bonds is 15. The number of amides is 2. The van der Waals surface area contributed by atoms with Gasteiger partial charge in [-0.15, -0.1) is 0 Å². The molecule has 20 heteroatoms. The van der Waals surface area contributed by atoms with E-state index in [0.717, 1.165) is 60.7 Å². The van der Waals surface area contributed by atoms with E-state index in [2.05, 4.69) is 30.6 Å². The van der Waals surface area contributed by atoms with E-state index in [-0.39, 0.29) is 47.6 Å². The molecule has 2 amide bonds. The third-order valence-corrected chi connectivity index (χ3v) is 9.30. The second kappa shape index (κ2) is 21.6. The Labute approximate surface area is 367 Å². The van der Waals surface area contributed by atoms with Crippen LogP contribution >= 0.6 is 0 Å². The lowest BCUT2D eigenvalue weighted by Gasteiger charge is -2.17. The van der Waals surface area contributed by atoms with Crippen molar-refractivity contribution in [3.63, 3.8) is 0 Å². The van der Waals surface area contributed by atoms with Crippen molar-refractivity contribution in [3.8, 4) is 34.0 Å². The minimum Gasteiger partial charge on any atom is -0.491 e. The van der Waals surface area contributed by atoms with Gasteiger partial charge < -0.3 is 39.8 Å². The SMILES string of the molecule is CC1(C)OCC(CCOc2ccncc2NC(=O)c2ccc(F)c(-c3c(F)cccc3F)n2)O1.O=C(Nc1cnccc1OCCC(O)CO)c1ccc(F)c(-c2c(F)cccc2F)n1. The first-order valence-corrected chi connectivity index (χ1v) is 19.7. The number of aliphatic hydroxyl groups excluding tert-OH is 2. The highest BCUT2D eigenvalue weighted by atomic mass is 19.2. The molecule has 0 spiro atoms. The van der Waals surface area contributed by atoms with Crippen LogP contribution in [0.1, 0.15) is 47.7 Å². The van der Waals surface area contributed by atoms with Gasteiger partial charge in [0.2, 0.25) is 0 Å². The number of carbonyl (C=O) groups is 2. The number of ether oxygens (including phenoxy) is 4. The monoisotopic (exact) mass is 906 g/mol. The van der Waals surface area contributed by atoms with Gasteiger partial charge in [0.1, 0.15) is 80.6 Å². The van der Waals surface area contributed by atoms with Crippen molar-refractivity contribution in [1.82, 2.24) is 19.9 Å². The molecule has 1 aliphatic heterocycles. The highest BCUT2D eigenvalue weighted by molar-refractivity contribution is 6.04. The van der Waals surface area contributed by atoms with E-state index in [1.54, 1.807) is 6.07 Å². The maximum Gasteiger partial charge on any atom is 0.274 e. The Morgan fingerprint density at radius 1 is 0.708 bits per heavy atom. The fourth-order valence-electron chi connectivity index (χ4n) is 6.11. The molecule has 1 saturated heterocycles. The number of aromatic nitrogens is 4. The number of benzene rings is 2. The summed E-state index contributed by atoms with van der Waals surface area (Å²) in [5.74, 6) is -7.54. The number of carbonyl (C=O) groups excluding carboxylic acids is 2. The summed E-state index contributed by atoms with van der Waals surface area (Å²) in [6.45, 7) is 4.06. The molecule has 1 fully saturated rings. The molecule has 0 radical (unpaired) electrons.